The number of hydrogen-bond donors (Lipinski definition) is 1. The summed E-state index contributed by atoms with van der Waals surface area (Å²) in [5, 5.41) is 10.1. The average molecular weight is 260 g/mol. The summed E-state index contributed by atoms with van der Waals surface area (Å²) >= 11 is 0. The van der Waals surface area contributed by atoms with Gasteiger partial charge in [0.1, 0.15) is 0 Å². The maximum atomic E-state index is 12.5. The van der Waals surface area contributed by atoms with Gasteiger partial charge in [-0.2, -0.15) is 13.2 Å². The Balaban J connectivity index is 2.99. The van der Waals surface area contributed by atoms with E-state index in [0.717, 1.165) is 18.4 Å². The van der Waals surface area contributed by atoms with Crippen molar-refractivity contribution in [2.75, 3.05) is 0 Å². The molecule has 0 aliphatic heterocycles. The van der Waals surface area contributed by atoms with E-state index in [0.29, 0.717) is 12.0 Å². The molecule has 0 saturated carbocycles. The molecule has 1 N–H and O–H groups in total. The second-order valence-electron chi connectivity index (χ2n) is 4.83. The Bertz CT molecular complexity index is 383. The molecule has 0 aliphatic carbocycles. The molecule has 0 saturated heterocycles. The molecule has 0 aliphatic rings. The second kappa shape index (κ2) is 5.74. The van der Waals surface area contributed by atoms with Crippen molar-refractivity contribution in [2.45, 2.75) is 51.3 Å². The van der Waals surface area contributed by atoms with Crippen molar-refractivity contribution in [3.8, 4) is 0 Å². The summed E-state index contributed by atoms with van der Waals surface area (Å²) < 4.78 is 37.4. The lowest BCUT2D eigenvalue weighted by Crippen LogP contribution is -2.30. The molecule has 0 spiro atoms. The number of unbranched alkanes of at least 4 members (excludes halogenated alkanes) is 1. The Morgan fingerprint density at radius 3 is 2.33 bits per heavy atom. The van der Waals surface area contributed by atoms with Crippen LogP contribution in [0.4, 0.5) is 13.2 Å². The first-order valence-electron chi connectivity index (χ1n) is 6.14. The van der Waals surface area contributed by atoms with Gasteiger partial charge in [-0.3, -0.25) is 0 Å². The molecule has 18 heavy (non-hydrogen) atoms. The van der Waals surface area contributed by atoms with Crippen LogP contribution in [-0.4, -0.2) is 11.3 Å². The van der Waals surface area contributed by atoms with Gasteiger partial charge in [0.05, 0.1) is 12.0 Å². The highest BCUT2D eigenvalue weighted by molar-refractivity contribution is 5.32. The summed E-state index contributed by atoms with van der Waals surface area (Å²) in [6.07, 6.45) is -3.03. The van der Waals surface area contributed by atoms with Crippen LogP contribution in [0.2, 0.25) is 0 Å². The predicted octanol–water partition coefficient (Wildman–Crippen LogP) is 4.19. The Kier molecular flexibility index (Phi) is 4.79. The summed E-state index contributed by atoms with van der Waals surface area (Å²) in [5.74, 6) is 0. The Morgan fingerprint density at radius 2 is 1.78 bits per heavy atom. The van der Waals surface area contributed by atoms with Crippen molar-refractivity contribution in [3.63, 3.8) is 0 Å². The van der Waals surface area contributed by atoms with Crippen molar-refractivity contribution in [2.24, 2.45) is 0 Å². The number of halogens is 3. The normalized spacial score (nSPS) is 15.4. The van der Waals surface area contributed by atoms with Crippen molar-refractivity contribution in [3.05, 3.63) is 35.4 Å². The summed E-state index contributed by atoms with van der Waals surface area (Å²) in [7, 11) is 0. The third-order valence-corrected chi connectivity index (χ3v) is 2.94. The minimum absolute atomic E-state index is 0.385. The number of hydrogen-bond acceptors (Lipinski definition) is 1. The molecule has 0 amide bonds. The maximum absolute atomic E-state index is 12.5. The molecule has 0 fully saturated rings. The van der Waals surface area contributed by atoms with Crippen LogP contribution in [-0.2, 0) is 12.0 Å². The molecule has 1 nitrogen and oxygen atoms in total. The fraction of sp³-hybridized carbons (Fsp3) is 0.571. The molecule has 0 bridgehead atoms. The summed E-state index contributed by atoms with van der Waals surface area (Å²) in [6, 6.07) is 6.82. The van der Waals surface area contributed by atoms with Crippen LogP contribution in [0.3, 0.4) is 0 Å². The van der Waals surface area contributed by atoms with E-state index >= 15 is 0 Å². The lowest BCUT2D eigenvalue weighted by molar-refractivity contribution is -0.174. The van der Waals surface area contributed by atoms with E-state index in [-0.39, 0.29) is 0 Å². The van der Waals surface area contributed by atoms with E-state index < -0.39 is 18.2 Å². The molecule has 1 atom stereocenters. The standard InChI is InChI=1S/C14H19F3O/c1-3-4-7-11-8-5-6-9-12(11)13(2,18)10-14(15,16)17/h5-6,8-9,18H,3-4,7,10H2,1-2H3. The Morgan fingerprint density at radius 1 is 1.17 bits per heavy atom. The molecular weight excluding hydrogens is 241 g/mol. The van der Waals surface area contributed by atoms with Gasteiger partial charge in [0.15, 0.2) is 0 Å². The molecule has 102 valence electrons. The summed E-state index contributed by atoms with van der Waals surface area (Å²) in [4.78, 5) is 0. The van der Waals surface area contributed by atoms with E-state index in [1.54, 1.807) is 24.3 Å². The lowest BCUT2D eigenvalue weighted by Gasteiger charge is -2.27. The fourth-order valence-electron chi connectivity index (χ4n) is 2.12. The molecule has 1 rings (SSSR count). The average Bonchev–Trinajstić information content (AvgIpc) is 2.23. The number of aliphatic hydroxyl groups is 1. The summed E-state index contributed by atoms with van der Waals surface area (Å²) in [6.45, 7) is 3.25. The van der Waals surface area contributed by atoms with Crippen LogP contribution in [0.5, 0.6) is 0 Å². The first-order valence-corrected chi connectivity index (χ1v) is 6.14. The number of alkyl halides is 3. The van der Waals surface area contributed by atoms with Crippen molar-refractivity contribution >= 4 is 0 Å². The van der Waals surface area contributed by atoms with Gasteiger partial charge < -0.3 is 5.11 Å². The van der Waals surface area contributed by atoms with Crippen LogP contribution < -0.4 is 0 Å². The van der Waals surface area contributed by atoms with E-state index in [1.165, 1.54) is 6.92 Å². The van der Waals surface area contributed by atoms with Gasteiger partial charge in [-0.25, -0.2) is 0 Å². The third-order valence-electron chi connectivity index (χ3n) is 2.94. The molecule has 1 aromatic carbocycles. The Labute approximate surface area is 106 Å². The van der Waals surface area contributed by atoms with Gasteiger partial charge >= 0.3 is 6.18 Å². The molecule has 0 radical (unpaired) electrons. The van der Waals surface area contributed by atoms with Gasteiger partial charge in [-0.1, -0.05) is 37.6 Å². The highest BCUT2D eigenvalue weighted by Crippen LogP contribution is 2.36. The van der Waals surface area contributed by atoms with Crippen LogP contribution in [0, 0.1) is 0 Å². The second-order valence-corrected chi connectivity index (χ2v) is 4.83. The predicted molar refractivity (Wildman–Crippen MR) is 65.3 cm³/mol. The third kappa shape index (κ3) is 4.33. The largest absolute Gasteiger partial charge is 0.392 e. The van der Waals surface area contributed by atoms with Crippen molar-refractivity contribution in [1.29, 1.82) is 0 Å². The molecule has 0 aromatic heterocycles. The topological polar surface area (TPSA) is 20.2 Å². The minimum Gasteiger partial charge on any atom is -0.385 e. The van der Waals surface area contributed by atoms with Crippen LogP contribution in [0.15, 0.2) is 24.3 Å². The molecule has 1 unspecified atom stereocenters. The SMILES string of the molecule is CCCCc1ccccc1C(C)(O)CC(F)(F)F. The monoisotopic (exact) mass is 260 g/mol. The molecule has 0 heterocycles. The zero-order valence-corrected chi connectivity index (χ0v) is 10.7. The quantitative estimate of drug-likeness (QED) is 0.841. The van der Waals surface area contributed by atoms with Gasteiger partial charge in [-0.15, -0.1) is 0 Å². The zero-order valence-electron chi connectivity index (χ0n) is 10.7. The van der Waals surface area contributed by atoms with Crippen LogP contribution in [0.1, 0.15) is 44.2 Å². The maximum Gasteiger partial charge on any atom is 0.392 e. The van der Waals surface area contributed by atoms with E-state index in [4.69, 9.17) is 0 Å². The Hall–Kier alpha value is -1.03. The van der Waals surface area contributed by atoms with Gasteiger partial charge in [0.2, 0.25) is 0 Å². The minimum atomic E-state index is -4.37. The molecule has 1 aromatic rings. The van der Waals surface area contributed by atoms with Gasteiger partial charge in [-0.05, 0) is 30.9 Å². The summed E-state index contributed by atoms with van der Waals surface area (Å²) in [5.41, 5.74) is -0.674. The van der Waals surface area contributed by atoms with Crippen LogP contribution in [0.25, 0.3) is 0 Å². The smallest absolute Gasteiger partial charge is 0.385 e. The lowest BCUT2D eigenvalue weighted by atomic mass is 9.87. The number of benzene rings is 1. The number of aryl methyl sites for hydroxylation is 1. The van der Waals surface area contributed by atoms with E-state index in [2.05, 4.69) is 0 Å². The zero-order chi connectivity index (χ0) is 13.8. The van der Waals surface area contributed by atoms with Crippen molar-refractivity contribution in [1.82, 2.24) is 0 Å². The number of rotatable bonds is 5. The highest BCUT2D eigenvalue weighted by Gasteiger charge is 2.39. The van der Waals surface area contributed by atoms with Gasteiger partial charge in [0, 0.05) is 0 Å². The van der Waals surface area contributed by atoms with Crippen molar-refractivity contribution < 1.29 is 18.3 Å². The first-order chi connectivity index (χ1) is 8.26. The molecular formula is C14H19F3O. The highest BCUT2D eigenvalue weighted by atomic mass is 19.4. The molecule has 4 heteroatoms. The van der Waals surface area contributed by atoms with Gasteiger partial charge in [0.25, 0.3) is 0 Å². The van der Waals surface area contributed by atoms with Crippen LogP contribution >= 0.6 is 0 Å². The first kappa shape index (κ1) is 15.0. The van der Waals surface area contributed by atoms with E-state index in [9.17, 15) is 18.3 Å². The fourth-order valence-corrected chi connectivity index (χ4v) is 2.12. The van der Waals surface area contributed by atoms with E-state index in [1.807, 2.05) is 6.92 Å².